The minimum atomic E-state index is -3.71. The van der Waals surface area contributed by atoms with Crippen molar-refractivity contribution in [3.63, 3.8) is 0 Å². The Morgan fingerprint density at radius 1 is 1.00 bits per heavy atom. The molecule has 0 unspecified atom stereocenters. The molecule has 0 aromatic heterocycles. The van der Waals surface area contributed by atoms with E-state index in [1.807, 2.05) is 6.92 Å². The summed E-state index contributed by atoms with van der Waals surface area (Å²) in [7, 11) is -3.71. The predicted molar refractivity (Wildman–Crippen MR) is 109 cm³/mol. The van der Waals surface area contributed by atoms with Crippen LogP contribution in [0.3, 0.4) is 0 Å². The third-order valence-corrected chi connectivity index (χ3v) is 6.67. The van der Waals surface area contributed by atoms with Gasteiger partial charge in [-0.25, -0.2) is 12.8 Å². The molecule has 1 N–H and O–H groups in total. The first-order valence-corrected chi connectivity index (χ1v) is 11.0. The highest BCUT2D eigenvalue weighted by Gasteiger charge is 2.16. The smallest absolute Gasteiger partial charge is 0.261 e. The lowest BCUT2D eigenvalue weighted by molar-refractivity contribution is 0.601. The minimum absolute atomic E-state index is 0.0708. The van der Waals surface area contributed by atoms with Crippen LogP contribution in [0, 0.1) is 12.7 Å². The molecule has 140 valence electrons. The van der Waals surface area contributed by atoms with Crippen LogP contribution in [0.15, 0.2) is 76.5 Å². The van der Waals surface area contributed by atoms with Gasteiger partial charge in [-0.2, -0.15) is 0 Å². The minimum Gasteiger partial charge on any atom is -0.278 e. The normalized spacial score (nSPS) is 11.4. The van der Waals surface area contributed by atoms with Crippen LogP contribution in [0.1, 0.15) is 11.1 Å². The SMILES string of the molecule is Cc1ccc(S(=O)(=O)Nc2ccccc2SCc2cccc(Cl)c2F)cc1. The van der Waals surface area contributed by atoms with Crippen LogP contribution in [-0.2, 0) is 15.8 Å². The average Bonchev–Trinajstić information content (AvgIpc) is 2.64. The summed E-state index contributed by atoms with van der Waals surface area (Å²) in [6, 6.07) is 18.5. The summed E-state index contributed by atoms with van der Waals surface area (Å²) in [5, 5.41) is 0.0708. The van der Waals surface area contributed by atoms with Gasteiger partial charge in [0.2, 0.25) is 0 Å². The van der Waals surface area contributed by atoms with E-state index in [4.69, 9.17) is 11.6 Å². The lowest BCUT2D eigenvalue weighted by atomic mass is 10.2. The van der Waals surface area contributed by atoms with Crippen LogP contribution in [-0.4, -0.2) is 8.42 Å². The third kappa shape index (κ3) is 4.83. The molecule has 0 spiro atoms. The first-order valence-electron chi connectivity index (χ1n) is 8.11. The lowest BCUT2D eigenvalue weighted by Crippen LogP contribution is -2.13. The molecule has 0 saturated heterocycles. The molecular formula is C20H17ClFNO2S2. The molecule has 0 heterocycles. The number of hydrogen-bond acceptors (Lipinski definition) is 3. The highest BCUT2D eigenvalue weighted by molar-refractivity contribution is 7.98. The second kappa shape index (κ2) is 8.33. The number of aryl methyl sites for hydroxylation is 1. The third-order valence-electron chi connectivity index (χ3n) is 3.88. The van der Waals surface area contributed by atoms with Gasteiger partial charge in [0.15, 0.2) is 0 Å². The van der Waals surface area contributed by atoms with E-state index in [2.05, 4.69) is 4.72 Å². The summed E-state index contributed by atoms with van der Waals surface area (Å²) < 4.78 is 42.0. The van der Waals surface area contributed by atoms with E-state index in [1.165, 1.54) is 17.8 Å². The second-order valence-electron chi connectivity index (χ2n) is 5.92. The number of rotatable bonds is 6. The van der Waals surface area contributed by atoms with Crippen LogP contribution in [0.4, 0.5) is 10.1 Å². The number of thioether (sulfide) groups is 1. The first kappa shape index (κ1) is 19.7. The maximum Gasteiger partial charge on any atom is 0.261 e. The summed E-state index contributed by atoms with van der Waals surface area (Å²) in [4.78, 5) is 0.890. The van der Waals surface area contributed by atoms with Crippen molar-refractivity contribution < 1.29 is 12.8 Å². The predicted octanol–water partition coefficient (Wildman–Crippen LogP) is 5.88. The number of nitrogens with one attached hydrogen (secondary N) is 1. The molecule has 0 saturated carbocycles. The van der Waals surface area contributed by atoms with E-state index in [9.17, 15) is 12.8 Å². The molecule has 0 fully saturated rings. The van der Waals surface area contributed by atoms with Gasteiger partial charge in [-0.3, -0.25) is 4.72 Å². The van der Waals surface area contributed by atoms with Crippen molar-refractivity contribution in [3.05, 3.63) is 88.7 Å². The average molecular weight is 422 g/mol. The number of benzene rings is 3. The van der Waals surface area contributed by atoms with Crippen LogP contribution in [0.5, 0.6) is 0 Å². The Hall–Kier alpha value is -2.02. The van der Waals surface area contributed by atoms with Crippen LogP contribution < -0.4 is 4.72 Å². The molecule has 0 bridgehead atoms. The number of halogens is 2. The summed E-state index contributed by atoms with van der Waals surface area (Å²) in [6.07, 6.45) is 0. The van der Waals surface area contributed by atoms with E-state index < -0.39 is 15.8 Å². The van der Waals surface area contributed by atoms with Crippen molar-refractivity contribution >= 4 is 39.1 Å². The van der Waals surface area contributed by atoms with Gasteiger partial charge in [0, 0.05) is 10.6 Å². The van der Waals surface area contributed by atoms with Gasteiger partial charge in [0.05, 0.1) is 15.6 Å². The fraction of sp³-hybridized carbons (Fsp3) is 0.100. The van der Waals surface area contributed by atoms with Gasteiger partial charge >= 0.3 is 0 Å². The van der Waals surface area contributed by atoms with Gasteiger partial charge in [-0.15, -0.1) is 11.8 Å². The Labute approximate surface area is 167 Å². The second-order valence-corrected chi connectivity index (χ2v) is 9.02. The van der Waals surface area contributed by atoms with Gasteiger partial charge in [0.25, 0.3) is 10.0 Å². The molecule has 0 amide bonds. The molecule has 3 aromatic rings. The van der Waals surface area contributed by atoms with Crippen molar-refractivity contribution in [3.8, 4) is 0 Å². The zero-order valence-corrected chi connectivity index (χ0v) is 16.8. The fourth-order valence-electron chi connectivity index (χ4n) is 2.41. The van der Waals surface area contributed by atoms with Crippen molar-refractivity contribution in [1.82, 2.24) is 0 Å². The van der Waals surface area contributed by atoms with Crippen molar-refractivity contribution in [2.24, 2.45) is 0 Å². The Balaban J connectivity index is 1.81. The molecule has 0 aliphatic carbocycles. The molecule has 7 heteroatoms. The maximum absolute atomic E-state index is 14.1. The standard InChI is InChI=1S/C20H17ClFNO2S2/c1-14-9-11-16(12-10-14)27(24,25)23-18-7-2-3-8-19(18)26-13-15-5-4-6-17(21)20(15)22/h2-12,23H,13H2,1H3. The zero-order valence-electron chi connectivity index (χ0n) is 14.4. The molecule has 0 atom stereocenters. The van der Waals surface area contributed by atoms with E-state index in [-0.39, 0.29) is 9.92 Å². The number of hydrogen-bond donors (Lipinski definition) is 1. The zero-order chi connectivity index (χ0) is 19.4. The highest BCUT2D eigenvalue weighted by atomic mass is 35.5. The van der Waals surface area contributed by atoms with E-state index in [0.717, 1.165) is 5.56 Å². The summed E-state index contributed by atoms with van der Waals surface area (Å²) in [5.41, 5.74) is 1.89. The topological polar surface area (TPSA) is 46.2 Å². The highest BCUT2D eigenvalue weighted by Crippen LogP contribution is 2.32. The largest absolute Gasteiger partial charge is 0.278 e. The fourth-order valence-corrected chi connectivity index (χ4v) is 4.74. The van der Waals surface area contributed by atoms with Crippen molar-refractivity contribution in [1.29, 1.82) is 0 Å². The van der Waals surface area contributed by atoms with Gasteiger partial charge in [-0.1, -0.05) is 53.6 Å². The molecule has 0 aliphatic heterocycles. The van der Waals surface area contributed by atoms with Crippen molar-refractivity contribution in [2.75, 3.05) is 4.72 Å². The first-order chi connectivity index (χ1) is 12.9. The number of para-hydroxylation sites is 1. The molecule has 3 rings (SSSR count). The summed E-state index contributed by atoms with van der Waals surface area (Å²) in [5.74, 6) is -0.125. The Bertz CT molecular complexity index is 1050. The van der Waals surface area contributed by atoms with E-state index in [1.54, 1.807) is 60.7 Å². The van der Waals surface area contributed by atoms with E-state index >= 15 is 0 Å². The van der Waals surface area contributed by atoms with Crippen molar-refractivity contribution in [2.45, 2.75) is 22.5 Å². The van der Waals surface area contributed by atoms with E-state index in [0.29, 0.717) is 21.9 Å². The Kier molecular flexibility index (Phi) is 6.09. The molecule has 3 nitrogen and oxygen atoms in total. The number of sulfonamides is 1. The molecular weight excluding hydrogens is 405 g/mol. The quantitative estimate of drug-likeness (QED) is 0.505. The number of anilines is 1. The van der Waals surface area contributed by atoms with Crippen LogP contribution in [0.25, 0.3) is 0 Å². The summed E-state index contributed by atoms with van der Waals surface area (Å²) >= 11 is 7.15. The van der Waals surface area contributed by atoms with Gasteiger partial charge < -0.3 is 0 Å². The van der Waals surface area contributed by atoms with Crippen LogP contribution >= 0.6 is 23.4 Å². The molecule has 3 aromatic carbocycles. The Morgan fingerprint density at radius 3 is 2.44 bits per heavy atom. The van der Waals surface area contributed by atoms with Crippen LogP contribution in [0.2, 0.25) is 5.02 Å². The molecule has 0 radical (unpaired) electrons. The summed E-state index contributed by atoms with van der Waals surface area (Å²) in [6.45, 7) is 1.89. The monoisotopic (exact) mass is 421 g/mol. The molecule has 27 heavy (non-hydrogen) atoms. The lowest BCUT2D eigenvalue weighted by Gasteiger charge is -2.13. The Morgan fingerprint density at radius 2 is 1.70 bits per heavy atom. The molecule has 0 aliphatic rings. The van der Waals surface area contributed by atoms with Gasteiger partial charge in [0.1, 0.15) is 5.82 Å². The van der Waals surface area contributed by atoms with Gasteiger partial charge in [-0.05, 0) is 42.8 Å². The maximum atomic E-state index is 14.1.